The maximum absolute atomic E-state index is 2.41. The second kappa shape index (κ2) is 5.03. The Hall–Kier alpha value is -0.440. The van der Waals surface area contributed by atoms with Crippen molar-refractivity contribution in [2.75, 3.05) is 0 Å². The van der Waals surface area contributed by atoms with E-state index in [-0.39, 0.29) is 0 Å². The summed E-state index contributed by atoms with van der Waals surface area (Å²) >= 11 is 8.55. The second-order valence-electron chi connectivity index (χ2n) is 5.43. The molecule has 0 aliphatic rings. The number of halogens is 2. The van der Waals surface area contributed by atoms with Gasteiger partial charge in [0.15, 0.2) is 0 Å². The number of hydrogen-bond donors (Lipinski definition) is 0. The number of rotatable bonds is 0. The van der Waals surface area contributed by atoms with Crippen LogP contribution < -0.4 is 0 Å². The zero-order valence-electron chi connectivity index (χ0n) is 11.2. The predicted molar refractivity (Wildman–Crippen MR) is 118 cm³/mol. The van der Waals surface area contributed by atoms with Crippen molar-refractivity contribution in [3.63, 3.8) is 0 Å². The molecule has 4 heteroatoms. The Morgan fingerprint density at radius 2 is 0.818 bits per heavy atom. The molecule has 0 bridgehead atoms. The molecule has 0 radical (unpaired) electrons. The molecule has 0 aliphatic carbocycles. The SMILES string of the molecule is Ic1cc2cc3cc4cc5sc(I)cc5cc4cc3cc2s1. The van der Waals surface area contributed by atoms with Crippen molar-refractivity contribution < 1.29 is 0 Å². The summed E-state index contributed by atoms with van der Waals surface area (Å²) in [5.74, 6) is 0. The summed E-state index contributed by atoms with van der Waals surface area (Å²) < 4.78 is 5.45. The van der Waals surface area contributed by atoms with Crippen LogP contribution in [0.15, 0.2) is 48.5 Å². The van der Waals surface area contributed by atoms with Crippen molar-refractivity contribution in [3.8, 4) is 0 Å². The van der Waals surface area contributed by atoms with Gasteiger partial charge in [0.05, 0.1) is 5.77 Å². The first-order valence-corrected chi connectivity index (χ1v) is 10.6. The van der Waals surface area contributed by atoms with Gasteiger partial charge in [-0.2, -0.15) is 0 Å². The Labute approximate surface area is 162 Å². The number of hydrogen-bond acceptors (Lipinski definition) is 2. The summed E-state index contributed by atoms with van der Waals surface area (Å²) in [6, 6.07) is 18.5. The Morgan fingerprint density at radius 3 is 1.27 bits per heavy atom. The van der Waals surface area contributed by atoms with Gasteiger partial charge in [0.1, 0.15) is 0 Å². The second-order valence-corrected chi connectivity index (χ2v) is 11.4. The normalized spacial score (nSPS) is 12.1. The summed E-state index contributed by atoms with van der Waals surface area (Å²) in [4.78, 5) is 0. The highest BCUT2D eigenvalue weighted by Gasteiger charge is 2.06. The number of fused-ring (bicyclic) bond motifs is 4. The van der Waals surface area contributed by atoms with Crippen LogP contribution in [-0.4, -0.2) is 0 Å². The van der Waals surface area contributed by atoms with Crippen molar-refractivity contribution in [1.29, 1.82) is 0 Å². The van der Waals surface area contributed by atoms with Crippen LogP contribution in [0.2, 0.25) is 0 Å². The lowest BCUT2D eigenvalue weighted by Gasteiger charge is -2.04. The molecule has 106 valence electrons. The van der Waals surface area contributed by atoms with Crippen molar-refractivity contribution in [2.24, 2.45) is 0 Å². The summed E-state index contributed by atoms with van der Waals surface area (Å²) in [6.07, 6.45) is 0. The van der Waals surface area contributed by atoms with E-state index < -0.39 is 0 Å². The summed E-state index contributed by atoms with van der Waals surface area (Å²) in [5, 5.41) is 8.05. The van der Waals surface area contributed by atoms with Crippen LogP contribution in [0.5, 0.6) is 0 Å². The molecule has 5 aromatic rings. The third kappa shape index (κ3) is 2.18. The smallest absolute Gasteiger partial charge is 0.0666 e. The first-order chi connectivity index (χ1) is 10.7. The minimum Gasteiger partial charge on any atom is -0.129 e. The van der Waals surface area contributed by atoms with E-state index in [1.165, 1.54) is 47.5 Å². The average Bonchev–Trinajstić information content (AvgIpc) is 2.99. The molecule has 22 heavy (non-hydrogen) atoms. The molecular formula is C18H8I2S2. The lowest BCUT2D eigenvalue weighted by atomic mass is 10.0. The van der Waals surface area contributed by atoms with E-state index >= 15 is 0 Å². The quantitative estimate of drug-likeness (QED) is 0.140. The average molecular weight is 542 g/mol. The zero-order valence-corrected chi connectivity index (χ0v) is 17.1. The highest BCUT2D eigenvalue weighted by Crippen LogP contribution is 2.35. The van der Waals surface area contributed by atoms with Crippen molar-refractivity contribution >= 4 is 110 Å². The van der Waals surface area contributed by atoms with Gasteiger partial charge in [-0.05, 0) is 126 Å². The fraction of sp³-hybridized carbons (Fsp3) is 0. The van der Waals surface area contributed by atoms with Crippen LogP contribution in [0.1, 0.15) is 0 Å². The molecule has 0 nitrogen and oxygen atoms in total. The van der Waals surface area contributed by atoms with Crippen LogP contribution in [0.4, 0.5) is 0 Å². The molecule has 2 aromatic heterocycles. The maximum Gasteiger partial charge on any atom is 0.0666 e. The van der Waals surface area contributed by atoms with E-state index in [0.29, 0.717) is 0 Å². The van der Waals surface area contributed by atoms with Gasteiger partial charge in [-0.15, -0.1) is 22.7 Å². The molecule has 3 aromatic carbocycles. The van der Waals surface area contributed by atoms with Crippen LogP contribution in [0, 0.1) is 5.77 Å². The molecule has 0 saturated heterocycles. The Morgan fingerprint density at radius 1 is 0.455 bits per heavy atom. The zero-order chi connectivity index (χ0) is 14.8. The molecule has 0 spiro atoms. The molecule has 0 saturated carbocycles. The van der Waals surface area contributed by atoms with Gasteiger partial charge in [0.25, 0.3) is 0 Å². The fourth-order valence-corrected chi connectivity index (χ4v) is 6.74. The first kappa shape index (κ1) is 13.9. The van der Waals surface area contributed by atoms with Crippen molar-refractivity contribution in [2.45, 2.75) is 0 Å². The summed E-state index contributed by atoms with van der Waals surface area (Å²) in [5.41, 5.74) is 0. The Kier molecular flexibility index (Phi) is 3.19. The third-order valence-corrected chi connectivity index (χ3v) is 7.72. The van der Waals surface area contributed by atoms with E-state index in [1.807, 2.05) is 22.7 Å². The monoisotopic (exact) mass is 542 g/mol. The highest BCUT2D eigenvalue weighted by atomic mass is 127. The standard InChI is InChI=1S/C18H8I2S2/c19-17-7-13-3-9-1-11-5-15-14(8-18(20)21-15)4-10(11)2-12(9)6-16(13)22-17/h1-8H. The van der Waals surface area contributed by atoms with E-state index in [0.717, 1.165) is 0 Å². The molecular weight excluding hydrogens is 534 g/mol. The lowest BCUT2D eigenvalue weighted by Crippen LogP contribution is -1.77. The van der Waals surface area contributed by atoms with Crippen molar-refractivity contribution in [3.05, 3.63) is 54.3 Å². The maximum atomic E-state index is 2.41. The summed E-state index contributed by atoms with van der Waals surface area (Å²) in [7, 11) is 0. The first-order valence-electron chi connectivity index (χ1n) is 6.81. The lowest BCUT2D eigenvalue weighted by molar-refractivity contribution is 1.89. The molecule has 2 heterocycles. The van der Waals surface area contributed by atoms with Crippen LogP contribution in [-0.2, 0) is 0 Å². The van der Waals surface area contributed by atoms with Gasteiger partial charge >= 0.3 is 0 Å². The van der Waals surface area contributed by atoms with Crippen LogP contribution in [0.25, 0.3) is 41.7 Å². The van der Waals surface area contributed by atoms with E-state index in [4.69, 9.17) is 0 Å². The molecule has 0 fully saturated rings. The van der Waals surface area contributed by atoms with Gasteiger partial charge in [-0.3, -0.25) is 0 Å². The Bertz CT molecular complexity index is 1020. The van der Waals surface area contributed by atoms with Gasteiger partial charge in [0.2, 0.25) is 0 Å². The fourth-order valence-electron chi connectivity index (χ4n) is 3.01. The summed E-state index contributed by atoms with van der Waals surface area (Å²) in [6.45, 7) is 0. The minimum absolute atomic E-state index is 1.33. The highest BCUT2D eigenvalue weighted by molar-refractivity contribution is 14.1. The number of benzene rings is 3. The van der Waals surface area contributed by atoms with Crippen LogP contribution in [0.3, 0.4) is 0 Å². The molecule has 5 rings (SSSR count). The molecule has 0 atom stereocenters. The van der Waals surface area contributed by atoms with Crippen molar-refractivity contribution in [1.82, 2.24) is 0 Å². The molecule has 0 amide bonds. The molecule has 0 aliphatic heterocycles. The number of thiophene rings is 2. The third-order valence-electron chi connectivity index (χ3n) is 4.01. The van der Waals surface area contributed by atoms with Gasteiger partial charge < -0.3 is 0 Å². The topological polar surface area (TPSA) is 0 Å². The minimum atomic E-state index is 1.33. The van der Waals surface area contributed by atoms with E-state index in [2.05, 4.69) is 93.7 Å². The van der Waals surface area contributed by atoms with E-state index in [1.54, 1.807) is 0 Å². The van der Waals surface area contributed by atoms with Crippen LogP contribution >= 0.6 is 67.9 Å². The van der Waals surface area contributed by atoms with Gasteiger partial charge in [-0.25, -0.2) is 0 Å². The molecule has 0 N–H and O–H groups in total. The molecule has 0 unspecified atom stereocenters. The van der Waals surface area contributed by atoms with Gasteiger partial charge in [0, 0.05) is 9.40 Å². The van der Waals surface area contributed by atoms with E-state index in [9.17, 15) is 0 Å². The Balaban J connectivity index is 1.92. The largest absolute Gasteiger partial charge is 0.129 e. The predicted octanol–water partition coefficient (Wildman–Crippen LogP) is 7.63. The van der Waals surface area contributed by atoms with Gasteiger partial charge in [-0.1, -0.05) is 0 Å².